The van der Waals surface area contributed by atoms with E-state index in [1.165, 1.54) is 0 Å². The fourth-order valence-corrected chi connectivity index (χ4v) is 0. The van der Waals surface area contributed by atoms with Gasteiger partial charge in [0.2, 0.25) is 0 Å². The van der Waals surface area contributed by atoms with Gasteiger partial charge in [0.05, 0.1) is 0 Å². The van der Waals surface area contributed by atoms with Gasteiger partial charge < -0.3 is 21.0 Å². The molecule has 0 aromatic carbocycles. The average Bonchev–Trinajstić information content (AvgIpc) is 1.81. The molecule has 4 nitrogen and oxygen atoms in total. The maximum atomic E-state index is 7.25. The summed E-state index contributed by atoms with van der Waals surface area (Å²) in [5, 5.41) is 0. The van der Waals surface area contributed by atoms with Gasteiger partial charge >= 0.3 is 27.0 Å². The number of nitroso groups, excluding NO2 is 2. The minimum absolute atomic E-state index is 2.02. The van der Waals surface area contributed by atoms with E-state index >= 15 is 0 Å². The smallest absolute Gasteiger partial charge is 0.423 e. The summed E-state index contributed by atoms with van der Waals surface area (Å²) in [6.07, 6.45) is 0. The van der Waals surface area contributed by atoms with Crippen LogP contribution in [0.5, 0.6) is 0 Å². The molecule has 0 rings (SSSR count). The summed E-state index contributed by atoms with van der Waals surface area (Å²) in [5.41, 5.74) is 11.5. The van der Waals surface area contributed by atoms with Crippen molar-refractivity contribution >= 4 is 9.69 Å². The Morgan fingerprint density at radius 1 is 1.00 bits per heavy atom. The van der Waals surface area contributed by atoms with Crippen LogP contribution >= 0.6 is 9.69 Å². The molecule has 0 spiro atoms. The van der Waals surface area contributed by atoms with Gasteiger partial charge in [0.15, 0.2) is 0 Å². The van der Waals surface area contributed by atoms with E-state index in [1.807, 2.05) is 17.3 Å². The summed E-state index contributed by atoms with van der Waals surface area (Å²) in [7, 11) is 4.53. The molecule has 0 saturated carbocycles. The topological polar surface area (TPSA) is 78.7 Å². The Morgan fingerprint density at radius 2 is 1.00 bits per heavy atom. The molecule has 0 radical (unpaired) electrons. The van der Waals surface area contributed by atoms with Gasteiger partial charge in [-0.3, -0.25) is 0 Å². The molecule has 0 aromatic rings. The molecule has 0 fully saturated rings. The number of rotatable bonds is 0. The van der Waals surface area contributed by atoms with Gasteiger partial charge in [-0.1, -0.05) is 0 Å². The van der Waals surface area contributed by atoms with Gasteiger partial charge in [0.25, 0.3) is 0 Å². The van der Waals surface area contributed by atoms with E-state index in [1.54, 1.807) is 0 Å². The van der Waals surface area contributed by atoms with E-state index in [0.29, 0.717) is 0 Å². The third-order valence-corrected chi connectivity index (χ3v) is 0. The van der Waals surface area contributed by atoms with Crippen molar-refractivity contribution < 1.29 is 17.3 Å². The van der Waals surface area contributed by atoms with Crippen LogP contribution in [0.1, 0.15) is 0 Å². The first-order chi connectivity index (χ1) is 3.00. The predicted molar refractivity (Wildman–Crippen MR) is 19.3 cm³/mol. The normalized spacial score (nSPS) is 2.33. The van der Waals surface area contributed by atoms with Crippen molar-refractivity contribution in [2.45, 2.75) is 0 Å². The number of hydrogen-bond acceptors (Lipinski definition) is 2. The maximum Gasteiger partial charge on any atom is -0.423 e. The van der Waals surface area contributed by atoms with Crippen LogP contribution in [-0.4, -0.2) is 0 Å². The van der Waals surface area contributed by atoms with Gasteiger partial charge in [-0.05, 0) is 0 Å². The maximum absolute atomic E-state index is 7.25. The molecule has 0 aliphatic carbocycles. The quantitative estimate of drug-likeness (QED) is 0.550. The van der Waals surface area contributed by atoms with E-state index < -0.39 is 0 Å². The van der Waals surface area contributed by atoms with Crippen molar-refractivity contribution in [3.05, 3.63) is 21.0 Å². The van der Waals surface area contributed by atoms with E-state index in [9.17, 15) is 0 Å². The van der Waals surface area contributed by atoms with Crippen LogP contribution in [0.3, 0.4) is 0 Å². The molecule has 0 atom stereocenters. The first-order valence-corrected chi connectivity index (χ1v) is 2.60. The summed E-state index contributed by atoms with van der Waals surface area (Å²) in [6, 6.07) is 0. The Hall–Kier alpha value is 0.113. The van der Waals surface area contributed by atoms with Gasteiger partial charge in [-0.2, -0.15) is 0 Å². The summed E-state index contributed by atoms with van der Waals surface area (Å²) in [4.78, 5) is 14.5. The Kier molecular flexibility index (Phi) is 18500. The minimum atomic E-state index is 2.02. The molecule has 0 bridgehead atoms. The number of halogens is 1. The van der Waals surface area contributed by atoms with E-state index in [2.05, 4.69) is 9.69 Å². The van der Waals surface area contributed by atoms with Crippen molar-refractivity contribution in [3.63, 3.8) is 0 Å². The predicted octanol–water partition coefficient (Wildman–Crippen LogP) is 1.33. The first-order valence-electron chi connectivity index (χ1n) is 0.491. The molecule has 0 aromatic heterocycles. The van der Waals surface area contributed by atoms with Crippen molar-refractivity contribution in [1.29, 1.82) is 0 Å². The molecule has 38 valence electrons. The van der Waals surface area contributed by atoms with Crippen LogP contribution in [-0.2, 0) is 17.3 Å². The molecule has 0 aliphatic rings. The summed E-state index contributed by atoms with van der Waals surface area (Å²) in [6.45, 7) is 0. The summed E-state index contributed by atoms with van der Waals surface area (Å²) >= 11 is 2.02. The molecule has 0 N–H and O–H groups in total. The van der Waals surface area contributed by atoms with E-state index in [4.69, 9.17) is 21.0 Å². The second kappa shape index (κ2) is 6730. The standard InChI is InChI=1S/ClH.2NO.Rh/c;2*1-2;/h1H;;;/q;2*-1;+3/p-1. The first kappa shape index (κ1) is 16.5. The number of hydrogen-bond donors (Lipinski definition) is 0. The van der Waals surface area contributed by atoms with Crippen molar-refractivity contribution in [3.8, 4) is 0 Å². The SMILES string of the molecule is [Cl][Rh+2].[N-]=O.[N-]=O. The Bertz CT molecular complexity index is 13.5. The zero-order valence-electron chi connectivity index (χ0n) is 2.42. The molecule has 6 heteroatoms. The minimum Gasteiger partial charge on any atom is -0.577 e. The Labute approximate surface area is 48.5 Å². The van der Waals surface area contributed by atoms with Gasteiger partial charge in [-0.25, -0.2) is 0 Å². The van der Waals surface area contributed by atoms with E-state index in [-0.39, 0.29) is 0 Å². The fourth-order valence-electron chi connectivity index (χ4n) is 0. The summed E-state index contributed by atoms with van der Waals surface area (Å²) in [5.74, 6) is 0. The molecule has 0 saturated heterocycles. The van der Waals surface area contributed by atoms with Crippen LogP contribution in [0, 0.1) is 9.81 Å². The van der Waals surface area contributed by atoms with Crippen LogP contribution in [0.4, 0.5) is 0 Å². The zero-order chi connectivity index (χ0) is 6.00. The van der Waals surface area contributed by atoms with Crippen LogP contribution in [0.25, 0.3) is 11.2 Å². The molecule has 0 unspecified atom stereocenters. The second-order valence-electron chi connectivity index (χ2n) is 0. The van der Waals surface area contributed by atoms with Crippen molar-refractivity contribution in [2.24, 2.45) is 0 Å². The zero-order valence-corrected chi connectivity index (χ0v) is 4.82. The molecular weight excluding hydrogens is 198 g/mol. The van der Waals surface area contributed by atoms with Crippen LogP contribution in [0.15, 0.2) is 0 Å². The average molecular weight is 198 g/mol. The Balaban J connectivity index is -0.0000000225. The second-order valence-corrected chi connectivity index (χ2v) is 0. The molecule has 0 amide bonds. The van der Waals surface area contributed by atoms with E-state index in [0.717, 1.165) is 0 Å². The van der Waals surface area contributed by atoms with Crippen LogP contribution < -0.4 is 0 Å². The Morgan fingerprint density at radius 3 is 1.00 bits per heavy atom. The van der Waals surface area contributed by atoms with Crippen LogP contribution in [0.2, 0.25) is 0 Å². The van der Waals surface area contributed by atoms with Gasteiger partial charge in [-0.15, -0.1) is 0 Å². The summed E-state index contributed by atoms with van der Waals surface area (Å²) < 4.78 is 0. The third-order valence-electron chi connectivity index (χ3n) is 0. The fraction of sp³-hybridized carbons (Fsp3) is 0. The third kappa shape index (κ3) is 3100. The molecular formula is ClN2O2Rh. The van der Waals surface area contributed by atoms with Crippen molar-refractivity contribution in [1.82, 2.24) is 0 Å². The molecule has 6 heavy (non-hydrogen) atoms. The molecule has 0 aliphatic heterocycles. The largest absolute Gasteiger partial charge is 0.577 e. The van der Waals surface area contributed by atoms with Gasteiger partial charge in [0.1, 0.15) is 0 Å². The monoisotopic (exact) mass is 198 g/mol. The van der Waals surface area contributed by atoms with Gasteiger partial charge in [0, 0.05) is 0 Å². The molecule has 0 heterocycles. The van der Waals surface area contributed by atoms with Crippen molar-refractivity contribution in [2.75, 3.05) is 0 Å². The number of nitrogens with zero attached hydrogens (tertiary/aromatic N) is 2.